The average Bonchev–Trinajstić information content (AvgIpc) is 3.06. The van der Waals surface area contributed by atoms with Gasteiger partial charge in [-0.25, -0.2) is 8.78 Å². The number of hydrogen-bond donors (Lipinski definition) is 1. The standard InChI is InChI=1S/C20H20F2N2O2/c1-24-9-5-8-14(24)12-23-20(26)16-11-18(22)17(21)10-15(16)19(25)13-6-3-2-4-7-13/h2-4,6-7,10-11,14H,5,8-9,12H2,1H3,(H,23,26)/t14-/m1/s1. The van der Waals surface area contributed by atoms with Crippen molar-refractivity contribution in [3.8, 4) is 0 Å². The highest BCUT2D eigenvalue weighted by molar-refractivity contribution is 6.15. The molecular weight excluding hydrogens is 338 g/mol. The molecule has 26 heavy (non-hydrogen) atoms. The van der Waals surface area contributed by atoms with E-state index in [9.17, 15) is 18.4 Å². The van der Waals surface area contributed by atoms with Crippen LogP contribution in [0, 0.1) is 11.6 Å². The Morgan fingerprint density at radius 3 is 2.38 bits per heavy atom. The smallest absolute Gasteiger partial charge is 0.252 e. The van der Waals surface area contributed by atoms with Gasteiger partial charge in [-0.1, -0.05) is 30.3 Å². The van der Waals surface area contributed by atoms with Crippen LogP contribution in [0.1, 0.15) is 39.1 Å². The van der Waals surface area contributed by atoms with Gasteiger partial charge in [0.05, 0.1) is 5.56 Å². The third-order valence-electron chi connectivity index (χ3n) is 4.76. The number of rotatable bonds is 5. The largest absolute Gasteiger partial charge is 0.350 e. The highest BCUT2D eigenvalue weighted by atomic mass is 19.2. The molecule has 4 nitrogen and oxygen atoms in total. The maximum absolute atomic E-state index is 13.7. The van der Waals surface area contributed by atoms with E-state index in [1.807, 2.05) is 7.05 Å². The van der Waals surface area contributed by atoms with Crippen LogP contribution >= 0.6 is 0 Å². The third-order valence-corrected chi connectivity index (χ3v) is 4.76. The van der Waals surface area contributed by atoms with Crippen LogP contribution in [0.2, 0.25) is 0 Å². The van der Waals surface area contributed by atoms with Crippen molar-refractivity contribution in [1.29, 1.82) is 0 Å². The Morgan fingerprint density at radius 1 is 1.12 bits per heavy atom. The molecule has 2 aromatic rings. The van der Waals surface area contributed by atoms with Gasteiger partial charge in [0.2, 0.25) is 0 Å². The summed E-state index contributed by atoms with van der Waals surface area (Å²) in [7, 11) is 1.98. The molecule has 0 radical (unpaired) electrons. The Kier molecular flexibility index (Phi) is 5.42. The van der Waals surface area contributed by atoms with E-state index in [4.69, 9.17) is 0 Å². The second-order valence-corrected chi connectivity index (χ2v) is 6.49. The number of ketones is 1. The van der Waals surface area contributed by atoms with Gasteiger partial charge < -0.3 is 10.2 Å². The Morgan fingerprint density at radius 2 is 1.77 bits per heavy atom. The van der Waals surface area contributed by atoms with Crippen LogP contribution in [-0.4, -0.2) is 42.8 Å². The molecule has 0 aliphatic carbocycles. The normalized spacial score (nSPS) is 17.3. The van der Waals surface area contributed by atoms with Gasteiger partial charge in [0.15, 0.2) is 17.4 Å². The lowest BCUT2D eigenvalue weighted by Crippen LogP contribution is -2.38. The molecule has 6 heteroatoms. The second-order valence-electron chi connectivity index (χ2n) is 6.49. The lowest BCUT2D eigenvalue weighted by Gasteiger charge is -2.20. The van der Waals surface area contributed by atoms with Crippen molar-refractivity contribution in [2.45, 2.75) is 18.9 Å². The van der Waals surface area contributed by atoms with Crippen molar-refractivity contribution in [2.75, 3.05) is 20.1 Å². The molecule has 1 heterocycles. The molecule has 1 amide bonds. The van der Waals surface area contributed by atoms with Gasteiger partial charge in [0, 0.05) is 23.7 Å². The van der Waals surface area contributed by atoms with Gasteiger partial charge >= 0.3 is 0 Å². The van der Waals surface area contributed by atoms with Crippen LogP contribution in [-0.2, 0) is 0 Å². The molecule has 2 aromatic carbocycles. The number of nitrogens with one attached hydrogen (secondary N) is 1. The summed E-state index contributed by atoms with van der Waals surface area (Å²) in [5.74, 6) is -3.41. The minimum absolute atomic E-state index is 0.146. The Labute approximate surface area is 150 Å². The van der Waals surface area contributed by atoms with E-state index in [-0.39, 0.29) is 17.2 Å². The first kappa shape index (κ1) is 18.2. The summed E-state index contributed by atoms with van der Waals surface area (Å²) in [5, 5.41) is 2.74. The van der Waals surface area contributed by atoms with Crippen molar-refractivity contribution >= 4 is 11.7 Å². The van der Waals surface area contributed by atoms with E-state index in [0.29, 0.717) is 12.1 Å². The quantitative estimate of drug-likeness (QED) is 0.836. The molecular formula is C20H20F2N2O2. The highest BCUT2D eigenvalue weighted by Gasteiger charge is 2.24. The molecule has 1 fully saturated rings. The number of benzene rings is 2. The van der Waals surface area contributed by atoms with E-state index in [1.165, 1.54) is 0 Å². The van der Waals surface area contributed by atoms with Gasteiger partial charge in [-0.15, -0.1) is 0 Å². The minimum Gasteiger partial charge on any atom is -0.350 e. The minimum atomic E-state index is -1.16. The van der Waals surface area contributed by atoms with Crippen LogP contribution in [0.4, 0.5) is 8.78 Å². The topological polar surface area (TPSA) is 49.4 Å². The first-order chi connectivity index (χ1) is 12.5. The zero-order valence-corrected chi connectivity index (χ0v) is 14.5. The number of halogens is 2. The first-order valence-corrected chi connectivity index (χ1v) is 8.54. The molecule has 0 aromatic heterocycles. The number of carbonyl (C=O) groups is 2. The lowest BCUT2D eigenvalue weighted by molar-refractivity contribution is 0.0932. The summed E-state index contributed by atoms with van der Waals surface area (Å²) < 4.78 is 27.4. The first-order valence-electron chi connectivity index (χ1n) is 8.54. The number of hydrogen-bond acceptors (Lipinski definition) is 3. The fourth-order valence-corrected chi connectivity index (χ4v) is 3.21. The molecule has 136 valence electrons. The number of nitrogens with zero attached hydrogens (tertiary/aromatic N) is 1. The summed E-state index contributed by atoms with van der Waals surface area (Å²) in [6, 6.07) is 10.0. The van der Waals surface area contributed by atoms with E-state index in [0.717, 1.165) is 31.5 Å². The van der Waals surface area contributed by atoms with Crippen molar-refractivity contribution in [3.63, 3.8) is 0 Å². The fraction of sp³-hybridized carbons (Fsp3) is 0.300. The van der Waals surface area contributed by atoms with E-state index in [1.54, 1.807) is 30.3 Å². The predicted octanol–water partition coefficient (Wildman–Crippen LogP) is 3.02. The van der Waals surface area contributed by atoms with Crippen molar-refractivity contribution in [2.24, 2.45) is 0 Å². The fourth-order valence-electron chi connectivity index (χ4n) is 3.21. The molecule has 1 saturated heterocycles. The van der Waals surface area contributed by atoms with Gasteiger partial charge in [-0.3, -0.25) is 9.59 Å². The number of likely N-dealkylation sites (tertiary alicyclic amines) is 1. The monoisotopic (exact) mass is 358 g/mol. The second kappa shape index (κ2) is 7.74. The maximum atomic E-state index is 13.7. The summed E-state index contributed by atoms with van der Waals surface area (Å²) in [5.41, 5.74) is 0.00821. The highest BCUT2D eigenvalue weighted by Crippen LogP contribution is 2.20. The van der Waals surface area contributed by atoms with E-state index < -0.39 is 23.3 Å². The zero-order valence-electron chi connectivity index (χ0n) is 14.5. The molecule has 1 atom stereocenters. The Hall–Kier alpha value is -2.60. The number of likely N-dealkylation sites (N-methyl/N-ethyl adjacent to an activating group) is 1. The Bertz CT molecular complexity index is 824. The summed E-state index contributed by atoms with van der Waals surface area (Å²) in [6.45, 7) is 1.36. The molecule has 1 aliphatic rings. The van der Waals surface area contributed by atoms with Gasteiger partial charge in [0.1, 0.15) is 0 Å². The van der Waals surface area contributed by atoms with Gasteiger partial charge in [0.25, 0.3) is 5.91 Å². The summed E-state index contributed by atoms with van der Waals surface area (Å²) in [4.78, 5) is 27.4. The van der Waals surface area contributed by atoms with Crippen LogP contribution in [0.25, 0.3) is 0 Å². The molecule has 0 spiro atoms. The van der Waals surface area contributed by atoms with E-state index >= 15 is 0 Å². The van der Waals surface area contributed by atoms with Crippen LogP contribution < -0.4 is 5.32 Å². The van der Waals surface area contributed by atoms with Crippen LogP contribution in [0.3, 0.4) is 0 Å². The van der Waals surface area contributed by atoms with Gasteiger partial charge in [-0.2, -0.15) is 0 Å². The number of amides is 1. The van der Waals surface area contributed by atoms with Crippen molar-refractivity contribution in [3.05, 3.63) is 70.8 Å². The zero-order chi connectivity index (χ0) is 18.7. The SMILES string of the molecule is CN1CCC[C@@H]1CNC(=O)c1cc(F)c(F)cc1C(=O)c1ccccc1. The van der Waals surface area contributed by atoms with Gasteiger partial charge in [-0.05, 0) is 38.6 Å². The van der Waals surface area contributed by atoms with E-state index in [2.05, 4.69) is 10.2 Å². The molecule has 1 N–H and O–H groups in total. The average molecular weight is 358 g/mol. The predicted molar refractivity (Wildman–Crippen MR) is 94.2 cm³/mol. The Balaban J connectivity index is 1.86. The summed E-state index contributed by atoms with van der Waals surface area (Å²) >= 11 is 0. The molecule has 0 saturated carbocycles. The summed E-state index contributed by atoms with van der Waals surface area (Å²) in [6.07, 6.45) is 2.02. The lowest BCUT2D eigenvalue weighted by atomic mass is 9.97. The third kappa shape index (κ3) is 3.80. The molecule has 3 rings (SSSR count). The molecule has 1 aliphatic heterocycles. The molecule has 0 bridgehead atoms. The molecule has 0 unspecified atom stereocenters. The number of carbonyl (C=O) groups excluding carboxylic acids is 2. The van der Waals surface area contributed by atoms with Crippen LogP contribution in [0.5, 0.6) is 0 Å². The maximum Gasteiger partial charge on any atom is 0.252 e. The van der Waals surface area contributed by atoms with Crippen LogP contribution in [0.15, 0.2) is 42.5 Å². The van der Waals surface area contributed by atoms with Crippen molar-refractivity contribution < 1.29 is 18.4 Å². The van der Waals surface area contributed by atoms with Crippen molar-refractivity contribution in [1.82, 2.24) is 10.2 Å².